The van der Waals surface area contributed by atoms with Crippen LogP contribution in [0.15, 0.2) is 29.3 Å². The molecule has 0 saturated heterocycles. The highest BCUT2D eigenvalue weighted by atomic mass is 19.4. The molecule has 1 atom stereocenters. The number of hydrogen-bond acceptors (Lipinski definition) is 4. The maximum atomic E-state index is 14.1. The fraction of sp³-hybridized carbons (Fsp3) is 0.381. The minimum absolute atomic E-state index is 0.103. The molecule has 0 amide bonds. The number of alkyl halides is 9. The highest BCUT2D eigenvalue weighted by molar-refractivity contribution is 5.63. The lowest BCUT2D eigenvalue weighted by Gasteiger charge is -2.32. The maximum Gasteiger partial charge on any atom is 0.417 e. The van der Waals surface area contributed by atoms with Gasteiger partial charge in [-0.2, -0.15) is 39.5 Å². The number of rotatable bonds is 3. The molecule has 2 N–H and O–H groups in total. The number of hydrogen-bond donors (Lipinski definition) is 2. The van der Waals surface area contributed by atoms with E-state index in [9.17, 15) is 49.7 Å². The molecule has 2 aromatic rings. The van der Waals surface area contributed by atoms with Crippen LogP contribution in [-0.2, 0) is 28.8 Å². The molecule has 1 unspecified atom stereocenters. The standard InChI is InChI=1S/C21H16F9NO3/c1-9(2)10-5-13(15(33)6-14(10)32)18(7-34-8-31-18)11-3-4-12(19(22,23)24)17(21(28,29)30)16(11)20(25,26)27/h3-6,8-9,32-33H,7H2,1-2H3. The van der Waals surface area contributed by atoms with Gasteiger partial charge in [-0.1, -0.05) is 19.9 Å². The number of aromatic hydroxyl groups is 2. The summed E-state index contributed by atoms with van der Waals surface area (Å²) in [6, 6.07) is 1.94. The number of benzene rings is 2. The van der Waals surface area contributed by atoms with Crippen molar-refractivity contribution in [1.29, 1.82) is 0 Å². The van der Waals surface area contributed by atoms with Gasteiger partial charge in [-0.05, 0) is 23.6 Å². The van der Waals surface area contributed by atoms with Crippen molar-refractivity contribution in [2.45, 2.75) is 43.8 Å². The van der Waals surface area contributed by atoms with Gasteiger partial charge in [0.25, 0.3) is 0 Å². The van der Waals surface area contributed by atoms with Crippen LogP contribution in [-0.4, -0.2) is 23.2 Å². The van der Waals surface area contributed by atoms with Crippen molar-refractivity contribution in [1.82, 2.24) is 0 Å². The van der Waals surface area contributed by atoms with Crippen molar-refractivity contribution in [2.75, 3.05) is 6.61 Å². The summed E-state index contributed by atoms with van der Waals surface area (Å²) in [5.74, 6) is -1.75. The molecule has 0 fully saturated rings. The molecule has 3 rings (SSSR count). The van der Waals surface area contributed by atoms with Crippen molar-refractivity contribution in [3.8, 4) is 11.5 Å². The molecule has 0 bridgehead atoms. The molecule has 2 aromatic carbocycles. The Kier molecular flexibility index (Phi) is 5.99. The fourth-order valence-electron chi connectivity index (χ4n) is 3.92. The molecule has 186 valence electrons. The fourth-order valence-corrected chi connectivity index (χ4v) is 3.92. The summed E-state index contributed by atoms with van der Waals surface area (Å²) in [5.41, 5.74) is -12.2. The molecular formula is C21H16F9NO3. The van der Waals surface area contributed by atoms with E-state index in [-0.39, 0.29) is 17.7 Å². The van der Waals surface area contributed by atoms with Gasteiger partial charge in [-0.25, -0.2) is 4.99 Å². The van der Waals surface area contributed by atoms with Gasteiger partial charge < -0.3 is 14.9 Å². The van der Waals surface area contributed by atoms with E-state index in [4.69, 9.17) is 4.74 Å². The third-order valence-electron chi connectivity index (χ3n) is 5.38. The molecule has 0 aliphatic carbocycles. The Bertz CT molecular complexity index is 1130. The maximum absolute atomic E-state index is 14.1. The number of phenolic OH excluding ortho intramolecular Hbond substituents is 2. The number of aliphatic imine (C=N–C) groups is 1. The number of nitrogens with zero attached hydrogens (tertiary/aromatic N) is 1. The van der Waals surface area contributed by atoms with Gasteiger partial charge in [0.1, 0.15) is 18.1 Å². The molecule has 13 heteroatoms. The first kappa shape index (κ1) is 25.5. The molecule has 1 aliphatic heterocycles. The average molecular weight is 501 g/mol. The summed E-state index contributed by atoms with van der Waals surface area (Å²) < 4.78 is 128. The molecule has 1 aliphatic rings. The summed E-state index contributed by atoms with van der Waals surface area (Å²) >= 11 is 0. The monoisotopic (exact) mass is 501 g/mol. The van der Waals surface area contributed by atoms with Crippen LogP contribution in [0.5, 0.6) is 11.5 Å². The molecule has 0 saturated carbocycles. The topological polar surface area (TPSA) is 62.0 Å². The Morgan fingerprint density at radius 2 is 1.41 bits per heavy atom. The van der Waals surface area contributed by atoms with Crippen molar-refractivity contribution >= 4 is 6.40 Å². The largest absolute Gasteiger partial charge is 0.508 e. The Hall–Kier alpha value is -3.12. The second-order valence-electron chi connectivity index (χ2n) is 7.89. The summed E-state index contributed by atoms with van der Waals surface area (Å²) in [7, 11) is 0. The number of halogens is 9. The normalized spacial score (nSPS) is 19.1. The van der Waals surface area contributed by atoms with Crippen LogP contribution in [0.25, 0.3) is 0 Å². The third kappa shape index (κ3) is 4.23. The first-order valence-electron chi connectivity index (χ1n) is 9.52. The van der Waals surface area contributed by atoms with Gasteiger partial charge in [0, 0.05) is 17.2 Å². The van der Waals surface area contributed by atoms with Crippen molar-refractivity contribution in [2.24, 2.45) is 4.99 Å². The molecule has 1 heterocycles. The molecular weight excluding hydrogens is 485 g/mol. The second-order valence-corrected chi connectivity index (χ2v) is 7.89. The summed E-state index contributed by atoms with van der Waals surface area (Å²) in [6.45, 7) is 2.31. The minimum Gasteiger partial charge on any atom is -0.508 e. The smallest absolute Gasteiger partial charge is 0.417 e. The molecule has 34 heavy (non-hydrogen) atoms. The van der Waals surface area contributed by atoms with E-state index in [1.807, 2.05) is 0 Å². The minimum atomic E-state index is -6.05. The van der Waals surface area contributed by atoms with Crippen molar-refractivity contribution in [3.05, 3.63) is 57.6 Å². The molecule has 4 nitrogen and oxygen atoms in total. The van der Waals surface area contributed by atoms with E-state index in [0.29, 0.717) is 6.40 Å². The first-order valence-corrected chi connectivity index (χ1v) is 9.52. The van der Waals surface area contributed by atoms with E-state index in [0.717, 1.165) is 12.1 Å². The van der Waals surface area contributed by atoms with Gasteiger partial charge in [0.2, 0.25) is 0 Å². The highest BCUT2D eigenvalue weighted by Crippen LogP contribution is 2.53. The van der Waals surface area contributed by atoms with Crippen molar-refractivity contribution in [3.63, 3.8) is 0 Å². The van der Waals surface area contributed by atoms with Gasteiger partial charge in [-0.3, -0.25) is 0 Å². The summed E-state index contributed by atoms with van der Waals surface area (Å²) in [6.07, 6.45) is -17.1. The Morgan fingerprint density at radius 3 is 1.85 bits per heavy atom. The van der Waals surface area contributed by atoms with E-state index in [2.05, 4.69) is 4.99 Å². The van der Waals surface area contributed by atoms with Gasteiger partial charge in [-0.15, -0.1) is 0 Å². The predicted molar refractivity (Wildman–Crippen MR) is 101 cm³/mol. The van der Waals surface area contributed by atoms with Crippen LogP contribution in [0.4, 0.5) is 39.5 Å². The van der Waals surface area contributed by atoms with Gasteiger partial charge in [0.15, 0.2) is 11.9 Å². The lowest BCUT2D eigenvalue weighted by molar-refractivity contribution is -0.175. The zero-order chi connectivity index (χ0) is 25.9. The van der Waals surface area contributed by atoms with Crippen LogP contribution in [0.3, 0.4) is 0 Å². The van der Waals surface area contributed by atoms with Crippen LogP contribution in [0, 0.1) is 0 Å². The number of phenols is 2. The van der Waals surface area contributed by atoms with E-state index in [1.165, 1.54) is 0 Å². The van der Waals surface area contributed by atoms with Crippen LogP contribution in [0.1, 0.15) is 53.1 Å². The Balaban J connectivity index is 2.51. The lowest BCUT2D eigenvalue weighted by Crippen LogP contribution is -2.34. The van der Waals surface area contributed by atoms with E-state index < -0.39 is 75.9 Å². The molecule has 0 spiro atoms. The zero-order valence-electron chi connectivity index (χ0n) is 17.3. The summed E-state index contributed by atoms with van der Waals surface area (Å²) in [5, 5.41) is 20.5. The highest BCUT2D eigenvalue weighted by Gasteiger charge is 2.55. The second kappa shape index (κ2) is 7.98. The van der Waals surface area contributed by atoms with Crippen LogP contribution < -0.4 is 0 Å². The summed E-state index contributed by atoms with van der Waals surface area (Å²) in [4.78, 5) is 3.75. The van der Waals surface area contributed by atoms with Crippen molar-refractivity contribution < 1.29 is 54.5 Å². The lowest BCUT2D eigenvalue weighted by atomic mass is 9.77. The van der Waals surface area contributed by atoms with Crippen LogP contribution >= 0.6 is 0 Å². The Labute approximate surface area is 186 Å². The van der Waals surface area contributed by atoms with Gasteiger partial charge in [0.05, 0.1) is 16.7 Å². The van der Waals surface area contributed by atoms with E-state index >= 15 is 0 Å². The predicted octanol–water partition coefficient (Wildman–Crippen LogP) is 6.58. The zero-order valence-corrected chi connectivity index (χ0v) is 17.3. The quantitative estimate of drug-likeness (QED) is 0.467. The molecule has 0 radical (unpaired) electrons. The first-order chi connectivity index (χ1) is 15.4. The Morgan fingerprint density at radius 1 is 0.824 bits per heavy atom. The average Bonchev–Trinajstić information content (AvgIpc) is 3.15. The van der Waals surface area contributed by atoms with Gasteiger partial charge >= 0.3 is 18.5 Å². The number of ether oxygens (including phenoxy) is 1. The third-order valence-corrected chi connectivity index (χ3v) is 5.38. The SMILES string of the molecule is CC(C)c1cc(C2(c3ccc(C(F)(F)F)c(C(F)(F)F)c3C(F)(F)F)COC=N2)c(O)cc1O. The molecule has 0 aromatic heterocycles. The van der Waals surface area contributed by atoms with E-state index in [1.54, 1.807) is 13.8 Å². The van der Waals surface area contributed by atoms with Crippen LogP contribution in [0.2, 0.25) is 0 Å².